The minimum Gasteiger partial charge on any atom is -0.466 e. The van der Waals surface area contributed by atoms with Crippen molar-refractivity contribution in [1.82, 2.24) is 10.6 Å². The fraction of sp³-hybridized carbons (Fsp3) is 0.667. The molecule has 5 nitrogen and oxygen atoms in total. The average Bonchev–Trinajstić information content (AvgIpc) is 3.14. The number of rotatable bonds is 6. The van der Waals surface area contributed by atoms with Crippen LogP contribution in [0.3, 0.4) is 0 Å². The van der Waals surface area contributed by atoms with Gasteiger partial charge in [-0.1, -0.05) is 0 Å². The lowest BCUT2D eigenvalue weighted by molar-refractivity contribution is 0.0437. The van der Waals surface area contributed by atoms with Crippen LogP contribution in [0.5, 0.6) is 0 Å². The van der Waals surface area contributed by atoms with Gasteiger partial charge in [0, 0.05) is 18.3 Å². The maximum absolute atomic E-state index is 10.4. The first-order chi connectivity index (χ1) is 10.1. The van der Waals surface area contributed by atoms with E-state index in [4.69, 9.17) is 4.42 Å². The van der Waals surface area contributed by atoms with E-state index in [1.54, 1.807) is 25.3 Å². The van der Waals surface area contributed by atoms with E-state index in [1.165, 1.54) is 18.6 Å². The first-order valence-corrected chi connectivity index (χ1v) is 8.57. The summed E-state index contributed by atoms with van der Waals surface area (Å²) in [4.78, 5) is 4.48. The monoisotopic (exact) mass is 311 g/mol. The zero-order chi connectivity index (χ0) is 15.1. The van der Waals surface area contributed by atoms with E-state index in [-0.39, 0.29) is 6.54 Å². The highest BCUT2D eigenvalue weighted by Gasteiger charge is 2.26. The molecule has 21 heavy (non-hydrogen) atoms. The fourth-order valence-corrected chi connectivity index (χ4v) is 3.45. The fourth-order valence-electron chi connectivity index (χ4n) is 2.25. The van der Waals surface area contributed by atoms with E-state index in [1.807, 2.05) is 18.7 Å². The molecule has 2 heterocycles. The van der Waals surface area contributed by atoms with Crippen LogP contribution < -0.4 is 10.6 Å². The molecule has 1 fully saturated rings. The second-order valence-corrected chi connectivity index (χ2v) is 6.87. The first-order valence-electron chi connectivity index (χ1n) is 7.52. The summed E-state index contributed by atoms with van der Waals surface area (Å²) in [6, 6.07) is 3.54. The van der Waals surface area contributed by atoms with Crippen molar-refractivity contribution in [3.63, 3.8) is 0 Å². The molecule has 0 spiro atoms. The van der Waals surface area contributed by atoms with Crippen LogP contribution in [0.4, 0.5) is 0 Å². The maximum Gasteiger partial charge on any atom is 0.191 e. The Hall–Kier alpha value is -1.14. The van der Waals surface area contributed by atoms with E-state index in [9.17, 15) is 5.11 Å². The van der Waals surface area contributed by atoms with Crippen LogP contribution >= 0.6 is 11.8 Å². The van der Waals surface area contributed by atoms with E-state index in [0.717, 1.165) is 19.0 Å². The number of aliphatic imine (C=N–C) groups is 1. The van der Waals surface area contributed by atoms with Crippen LogP contribution in [0.1, 0.15) is 32.4 Å². The largest absolute Gasteiger partial charge is 0.466 e. The Bertz CT molecular complexity index is 440. The number of furan rings is 1. The van der Waals surface area contributed by atoms with Gasteiger partial charge in [-0.3, -0.25) is 0 Å². The third-order valence-corrected chi connectivity index (χ3v) is 4.86. The van der Waals surface area contributed by atoms with E-state index in [2.05, 4.69) is 15.6 Å². The summed E-state index contributed by atoms with van der Waals surface area (Å²) in [5.41, 5.74) is -1.09. The Morgan fingerprint density at radius 1 is 1.57 bits per heavy atom. The predicted molar refractivity (Wildman–Crippen MR) is 87.7 cm³/mol. The van der Waals surface area contributed by atoms with Gasteiger partial charge in [0.1, 0.15) is 11.4 Å². The molecular weight excluding hydrogens is 286 g/mol. The van der Waals surface area contributed by atoms with Crippen molar-refractivity contribution in [2.45, 2.75) is 37.5 Å². The molecule has 2 atom stereocenters. The predicted octanol–water partition coefficient (Wildman–Crippen LogP) is 1.94. The molecule has 1 aromatic rings. The number of nitrogens with zero attached hydrogens (tertiary/aromatic N) is 1. The third kappa shape index (κ3) is 4.97. The molecule has 0 amide bonds. The van der Waals surface area contributed by atoms with Crippen molar-refractivity contribution in [1.29, 1.82) is 0 Å². The summed E-state index contributed by atoms with van der Waals surface area (Å²) >= 11 is 2.01. The average molecular weight is 311 g/mol. The molecule has 0 aromatic carbocycles. The topological polar surface area (TPSA) is 69.8 Å². The molecule has 2 unspecified atom stereocenters. The first kappa shape index (κ1) is 16.2. The molecule has 118 valence electrons. The summed E-state index contributed by atoms with van der Waals surface area (Å²) in [6.07, 6.45) is 4.13. The second-order valence-electron chi connectivity index (χ2n) is 5.46. The highest BCUT2D eigenvalue weighted by molar-refractivity contribution is 8.00. The smallest absolute Gasteiger partial charge is 0.191 e. The van der Waals surface area contributed by atoms with E-state index in [0.29, 0.717) is 11.0 Å². The van der Waals surface area contributed by atoms with Crippen molar-refractivity contribution in [3.8, 4) is 0 Å². The minimum absolute atomic E-state index is 0.258. The molecule has 0 bridgehead atoms. The van der Waals surface area contributed by atoms with Gasteiger partial charge >= 0.3 is 0 Å². The van der Waals surface area contributed by atoms with Gasteiger partial charge in [0.25, 0.3) is 0 Å². The summed E-state index contributed by atoms with van der Waals surface area (Å²) in [5.74, 6) is 2.54. The Balaban J connectivity index is 1.90. The number of hydrogen-bond donors (Lipinski definition) is 3. The van der Waals surface area contributed by atoms with E-state index >= 15 is 0 Å². The molecule has 6 heteroatoms. The van der Waals surface area contributed by atoms with Gasteiger partial charge in [-0.05, 0) is 44.6 Å². The Morgan fingerprint density at radius 2 is 2.43 bits per heavy atom. The van der Waals surface area contributed by atoms with Crippen molar-refractivity contribution in [2.24, 2.45) is 4.99 Å². The van der Waals surface area contributed by atoms with Crippen molar-refractivity contribution in [3.05, 3.63) is 24.2 Å². The number of guanidine groups is 1. The van der Waals surface area contributed by atoms with Crippen LogP contribution in [0.15, 0.2) is 27.8 Å². The molecule has 1 aliphatic heterocycles. The lowest BCUT2D eigenvalue weighted by Crippen LogP contribution is -2.41. The number of hydrogen-bond acceptors (Lipinski definition) is 4. The van der Waals surface area contributed by atoms with Gasteiger partial charge < -0.3 is 20.2 Å². The maximum atomic E-state index is 10.4. The summed E-state index contributed by atoms with van der Waals surface area (Å²) in [5, 5.41) is 17.6. The third-order valence-electron chi connectivity index (χ3n) is 3.46. The molecule has 0 saturated carbocycles. The molecule has 3 N–H and O–H groups in total. The van der Waals surface area contributed by atoms with Gasteiger partial charge in [-0.25, -0.2) is 4.99 Å². The molecule has 0 radical (unpaired) electrons. The normalized spacial score (nSPS) is 22.0. The van der Waals surface area contributed by atoms with Crippen LogP contribution in [0, 0.1) is 0 Å². The Labute approximate surface area is 130 Å². The number of nitrogens with one attached hydrogen (secondary N) is 2. The quantitative estimate of drug-likeness (QED) is 0.553. The van der Waals surface area contributed by atoms with Crippen molar-refractivity contribution < 1.29 is 9.52 Å². The number of thioether (sulfide) groups is 1. The van der Waals surface area contributed by atoms with Crippen LogP contribution in [-0.2, 0) is 5.60 Å². The lowest BCUT2D eigenvalue weighted by Gasteiger charge is -2.20. The Kier molecular flexibility index (Phi) is 5.99. The second kappa shape index (κ2) is 7.75. The molecular formula is C15H25N3O2S. The van der Waals surface area contributed by atoms with Crippen molar-refractivity contribution >= 4 is 17.7 Å². The van der Waals surface area contributed by atoms with Crippen LogP contribution in [-0.4, -0.2) is 41.7 Å². The van der Waals surface area contributed by atoms with Crippen LogP contribution in [0.2, 0.25) is 0 Å². The van der Waals surface area contributed by atoms with Gasteiger partial charge in [0.05, 0.1) is 12.8 Å². The summed E-state index contributed by atoms with van der Waals surface area (Å²) in [7, 11) is 0. The van der Waals surface area contributed by atoms with Gasteiger partial charge in [0.15, 0.2) is 5.96 Å². The zero-order valence-electron chi connectivity index (χ0n) is 12.8. The Morgan fingerprint density at radius 3 is 3.05 bits per heavy atom. The van der Waals surface area contributed by atoms with Crippen LogP contribution in [0.25, 0.3) is 0 Å². The molecule has 1 aromatic heterocycles. The summed E-state index contributed by atoms with van der Waals surface area (Å²) < 4.78 is 5.27. The molecule has 1 saturated heterocycles. The van der Waals surface area contributed by atoms with Gasteiger partial charge in [-0.15, -0.1) is 0 Å². The SMILES string of the molecule is CCNC(=NCC(C)(O)c1ccco1)NCC1CCCS1. The van der Waals surface area contributed by atoms with Gasteiger partial charge in [0.2, 0.25) is 0 Å². The van der Waals surface area contributed by atoms with Gasteiger partial charge in [-0.2, -0.15) is 11.8 Å². The highest BCUT2D eigenvalue weighted by atomic mass is 32.2. The van der Waals surface area contributed by atoms with E-state index < -0.39 is 5.60 Å². The standard InChI is InChI=1S/C15H25N3O2S/c1-3-16-14(17-10-12-6-5-9-21-12)18-11-15(2,19)13-7-4-8-20-13/h4,7-8,12,19H,3,5-6,9-11H2,1-2H3,(H2,16,17,18). The number of aliphatic hydroxyl groups is 1. The zero-order valence-corrected chi connectivity index (χ0v) is 13.6. The molecule has 0 aliphatic carbocycles. The molecule has 1 aliphatic rings. The minimum atomic E-state index is -1.09. The molecule has 2 rings (SSSR count). The highest BCUT2D eigenvalue weighted by Crippen LogP contribution is 2.25. The lowest BCUT2D eigenvalue weighted by atomic mass is 10.0. The summed E-state index contributed by atoms with van der Waals surface area (Å²) in [6.45, 7) is 5.72. The van der Waals surface area contributed by atoms with Crippen molar-refractivity contribution in [2.75, 3.05) is 25.4 Å².